The number of hydrogen-bond acceptors (Lipinski definition) is 3. The molecule has 0 bridgehead atoms. The zero-order chi connectivity index (χ0) is 14.2. The van der Waals surface area contributed by atoms with Crippen LogP contribution in [0.1, 0.15) is 18.9 Å². The Labute approximate surface area is 125 Å². The highest BCUT2D eigenvalue weighted by Crippen LogP contribution is 2.11. The molecule has 0 atom stereocenters. The SMILES string of the molecule is CCCNc1cccc(NCCc2ccc(Cl)cc2)n1. The van der Waals surface area contributed by atoms with Gasteiger partial charge in [-0.3, -0.25) is 0 Å². The van der Waals surface area contributed by atoms with Crippen LogP contribution in [-0.2, 0) is 6.42 Å². The molecule has 0 radical (unpaired) electrons. The standard InChI is InChI=1S/C16H20ClN3/c1-2-11-18-15-4-3-5-16(20-15)19-12-10-13-6-8-14(17)9-7-13/h3-9H,2,10-12H2,1H3,(H2,18,19,20). The second-order valence-electron chi connectivity index (χ2n) is 4.64. The third kappa shape index (κ3) is 4.74. The van der Waals surface area contributed by atoms with Crippen LogP contribution in [0, 0.1) is 0 Å². The van der Waals surface area contributed by atoms with Crippen molar-refractivity contribution >= 4 is 23.2 Å². The van der Waals surface area contributed by atoms with Gasteiger partial charge in [-0.05, 0) is 42.7 Å². The Morgan fingerprint density at radius 2 is 1.60 bits per heavy atom. The molecule has 0 unspecified atom stereocenters. The van der Waals surface area contributed by atoms with Crippen LogP contribution in [0.2, 0.25) is 5.02 Å². The van der Waals surface area contributed by atoms with E-state index in [9.17, 15) is 0 Å². The van der Waals surface area contributed by atoms with Gasteiger partial charge in [-0.2, -0.15) is 0 Å². The second kappa shape index (κ2) is 7.75. The highest BCUT2D eigenvalue weighted by molar-refractivity contribution is 6.30. The zero-order valence-electron chi connectivity index (χ0n) is 11.7. The molecule has 0 aliphatic carbocycles. The summed E-state index contributed by atoms with van der Waals surface area (Å²) in [6, 6.07) is 13.9. The normalized spacial score (nSPS) is 10.3. The monoisotopic (exact) mass is 289 g/mol. The maximum atomic E-state index is 5.87. The van der Waals surface area contributed by atoms with Gasteiger partial charge < -0.3 is 10.6 Å². The number of hydrogen-bond donors (Lipinski definition) is 2. The van der Waals surface area contributed by atoms with E-state index in [4.69, 9.17) is 11.6 Å². The number of nitrogens with zero attached hydrogens (tertiary/aromatic N) is 1. The number of rotatable bonds is 7. The van der Waals surface area contributed by atoms with Gasteiger partial charge in [0.2, 0.25) is 0 Å². The highest BCUT2D eigenvalue weighted by atomic mass is 35.5. The third-order valence-corrected chi connectivity index (χ3v) is 3.19. The van der Waals surface area contributed by atoms with Crippen LogP contribution in [0.3, 0.4) is 0 Å². The Hall–Kier alpha value is -1.74. The van der Waals surface area contributed by atoms with Gasteiger partial charge in [0, 0.05) is 18.1 Å². The number of pyridine rings is 1. The van der Waals surface area contributed by atoms with Crippen LogP contribution >= 0.6 is 11.6 Å². The second-order valence-corrected chi connectivity index (χ2v) is 5.07. The lowest BCUT2D eigenvalue weighted by Crippen LogP contribution is -2.08. The van der Waals surface area contributed by atoms with Crippen molar-refractivity contribution in [2.75, 3.05) is 23.7 Å². The molecule has 1 aromatic heterocycles. The predicted octanol–water partition coefficient (Wildman–Crippen LogP) is 4.21. The van der Waals surface area contributed by atoms with Crippen LogP contribution in [0.15, 0.2) is 42.5 Å². The first kappa shape index (κ1) is 14.7. The van der Waals surface area contributed by atoms with Crippen LogP contribution in [0.25, 0.3) is 0 Å². The number of aromatic nitrogens is 1. The fourth-order valence-electron chi connectivity index (χ4n) is 1.87. The molecule has 0 spiro atoms. The van der Waals surface area contributed by atoms with E-state index in [0.29, 0.717) is 0 Å². The minimum Gasteiger partial charge on any atom is -0.370 e. The average molecular weight is 290 g/mol. The molecule has 2 rings (SSSR count). The van der Waals surface area contributed by atoms with E-state index in [-0.39, 0.29) is 0 Å². The van der Waals surface area contributed by atoms with E-state index in [1.807, 2.05) is 30.3 Å². The molecule has 1 aromatic carbocycles. The van der Waals surface area contributed by atoms with Crippen molar-refractivity contribution in [2.24, 2.45) is 0 Å². The zero-order valence-corrected chi connectivity index (χ0v) is 12.5. The van der Waals surface area contributed by atoms with Gasteiger partial charge >= 0.3 is 0 Å². The van der Waals surface area contributed by atoms with Crippen LogP contribution in [-0.4, -0.2) is 18.1 Å². The summed E-state index contributed by atoms with van der Waals surface area (Å²) >= 11 is 5.87. The molecule has 1 heterocycles. The average Bonchev–Trinajstić information content (AvgIpc) is 2.48. The highest BCUT2D eigenvalue weighted by Gasteiger charge is 1.97. The van der Waals surface area contributed by atoms with Gasteiger partial charge in [-0.25, -0.2) is 4.98 Å². The summed E-state index contributed by atoms with van der Waals surface area (Å²) in [5.74, 6) is 1.82. The molecular weight excluding hydrogens is 270 g/mol. The Kier molecular flexibility index (Phi) is 5.69. The Balaban J connectivity index is 1.82. The molecule has 0 fully saturated rings. The summed E-state index contributed by atoms with van der Waals surface area (Å²) in [5.41, 5.74) is 1.27. The summed E-state index contributed by atoms with van der Waals surface area (Å²) in [6.45, 7) is 3.94. The molecule has 2 aromatic rings. The molecular formula is C16H20ClN3. The molecule has 0 aliphatic heterocycles. The molecule has 0 aliphatic rings. The van der Waals surface area contributed by atoms with E-state index in [1.54, 1.807) is 0 Å². The van der Waals surface area contributed by atoms with E-state index >= 15 is 0 Å². The lowest BCUT2D eigenvalue weighted by atomic mass is 10.1. The van der Waals surface area contributed by atoms with E-state index in [2.05, 4.69) is 34.7 Å². The van der Waals surface area contributed by atoms with Gasteiger partial charge in [0.1, 0.15) is 11.6 Å². The van der Waals surface area contributed by atoms with Crippen LogP contribution in [0.5, 0.6) is 0 Å². The van der Waals surface area contributed by atoms with Gasteiger partial charge in [0.05, 0.1) is 0 Å². The van der Waals surface area contributed by atoms with E-state index in [1.165, 1.54) is 5.56 Å². The van der Waals surface area contributed by atoms with Crippen LogP contribution in [0.4, 0.5) is 11.6 Å². The number of halogens is 1. The summed E-state index contributed by atoms with van der Waals surface area (Å²) in [4.78, 5) is 4.51. The molecule has 0 saturated carbocycles. The summed E-state index contributed by atoms with van der Waals surface area (Å²) in [7, 11) is 0. The van der Waals surface area contributed by atoms with Gasteiger partial charge in [-0.15, -0.1) is 0 Å². The van der Waals surface area contributed by atoms with Gasteiger partial charge in [0.25, 0.3) is 0 Å². The molecule has 3 nitrogen and oxygen atoms in total. The first-order chi connectivity index (χ1) is 9.78. The van der Waals surface area contributed by atoms with Crippen molar-refractivity contribution < 1.29 is 0 Å². The lowest BCUT2D eigenvalue weighted by Gasteiger charge is -2.08. The van der Waals surface area contributed by atoms with Crippen molar-refractivity contribution in [1.82, 2.24) is 4.98 Å². The lowest BCUT2D eigenvalue weighted by molar-refractivity contribution is 0.965. The topological polar surface area (TPSA) is 37.0 Å². The summed E-state index contributed by atoms with van der Waals surface area (Å²) in [6.07, 6.45) is 2.04. The molecule has 20 heavy (non-hydrogen) atoms. The van der Waals surface area contributed by atoms with Crippen molar-refractivity contribution in [3.63, 3.8) is 0 Å². The molecule has 106 valence electrons. The summed E-state index contributed by atoms with van der Waals surface area (Å²) < 4.78 is 0. The summed E-state index contributed by atoms with van der Waals surface area (Å²) in [5, 5.41) is 7.40. The first-order valence-electron chi connectivity index (χ1n) is 6.97. The number of benzene rings is 1. The van der Waals surface area contributed by atoms with Gasteiger partial charge in [0.15, 0.2) is 0 Å². The predicted molar refractivity (Wildman–Crippen MR) is 86.7 cm³/mol. The molecule has 0 saturated heterocycles. The minimum atomic E-state index is 0.776. The minimum absolute atomic E-state index is 0.776. The Morgan fingerprint density at radius 3 is 2.25 bits per heavy atom. The smallest absolute Gasteiger partial charge is 0.128 e. The van der Waals surface area contributed by atoms with Crippen molar-refractivity contribution in [3.05, 3.63) is 53.1 Å². The van der Waals surface area contributed by atoms with Crippen molar-refractivity contribution in [1.29, 1.82) is 0 Å². The molecule has 2 N–H and O–H groups in total. The fraction of sp³-hybridized carbons (Fsp3) is 0.312. The van der Waals surface area contributed by atoms with E-state index in [0.717, 1.165) is 42.6 Å². The quantitative estimate of drug-likeness (QED) is 0.802. The Bertz CT molecular complexity index is 526. The van der Waals surface area contributed by atoms with Crippen LogP contribution < -0.4 is 10.6 Å². The van der Waals surface area contributed by atoms with Gasteiger partial charge in [-0.1, -0.05) is 36.7 Å². The largest absolute Gasteiger partial charge is 0.370 e. The van der Waals surface area contributed by atoms with E-state index < -0.39 is 0 Å². The number of nitrogens with one attached hydrogen (secondary N) is 2. The molecule has 0 amide bonds. The Morgan fingerprint density at radius 1 is 0.950 bits per heavy atom. The third-order valence-electron chi connectivity index (χ3n) is 2.94. The van der Waals surface area contributed by atoms with Crippen molar-refractivity contribution in [2.45, 2.75) is 19.8 Å². The maximum Gasteiger partial charge on any atom is 0.128 e. The fourth-order valence-corrected chi connectivity index (χ4v) is 2.00. The first-order valence-corrected chi connectivity index (χ1v) is 7.35. The maximum absolute atomic E-state index is 5.87. The van der Waals surface area contributed by atoms with Crippen molar-refractivity contribution in [3.8, 4) is 0 Å². The molecule has 4 heteroatoms. The number of anilines is 2.